The Labute approximate surface area is 133 Å². The van der Waals surface area contributed by atoms with Gasteiger partial charge in [0.25, 0.3) is 5.91 Å². The minimum Gasteiger partial charge on any atom is -0.468 e. The Bertz CT molecular complexity index is 859. The number of aromatic amines is 1. The Kier molecular flexibility index (Phi) is 4.07. The smallest absolute Gasteiger partial charge is 0.422 e. The largest absolute Gasteiger partial charge is 0.468 e. The summed E-state index contributed by atoms with van der Waals surface area (Å²) in [5, 5.41) is 9.93. The van der Waals surface area contributed by atoms with E-state index in [4.69, 9.17) is 0 Å². The van der Waals surface area contributed by atoms with E-state index < -0.39 is 18.7 Å². The number of carbonyl (C=O) groups excluding carboxylic acids is 1. The van der Waals surface area contributed by atoms with E-state index in [0.717, 1.165) is 5.52 Å². The predicted molar refractivity (Wildman–Crippen MR) is 79.8 cm³/mol. The second-order valence-corrected chi connectivity index (χ2v) is 4.86. The van der Waals surface area contributed by atoms with Crippen LogP contribution in [0.3, 0.4) is 0 Å². The van der Waals surface area contributed by atoms with Crippen LogP contribution in [-0.4, -0.2) is 33.9 Å². The molecule has 124 valence electrons. The first-order valence-corrected chi connectivity index (χ1v) is 6.82. The summed E-state index contributed by atoms with van der Waals surface area (Å²) in [7, 11) is 0. The molecule has 0 aliphatic carbocycles. The fourth-order valence-electron chi connectivity index (χ4n) is 2.02. The standard InChI is InChI=1S/C15H11F3N4O2/c16-15(17,18)8-24-12-6-5-9(7-19-12)20-14(23)13-10-3-1-2-4-11(10)21-22-13/h1-7H,8H2,(H,20,23)(H,21,22). The molecule has 6 nitrogen and oxygen atoms in total. The van der Waals surface area contributed by atoms with Crippen LogP contribution in [0.5, 0.6) is 5.88 Å². The molecule has 0 spiro atoms. The maximum atomic E-state index is 12.2. The van der Waals surface area contributed by atoms with E-state index in [2.05, 4.69) is 25.2 Å². The second-order valence-electron chi connectivity index (χ2n) is 4.86. The van der Waals surface area contributed by atoms with Gasteiger partial charge in [-0.05, 0) is 12.1 Å². The molecule has 0 unspecified atom stereocenters. The fraction of sp³-hybridized carbons (Fsp3) is 0.133. The van der Waals surface area contributed by atoms with Crippen LogP contribution in [0, 0.1) is 0 Å². The average Bonchev–Trinajstić information content (AvgIpc) is 2.97. The summed E-state index contributed by atoms with van der Waals surface area (Å²) in [6.07, 6.45) is -3.23. The zero-order chi connectivity index (χ0) is 17.2. The first-order valence-electron chi connectivity index (χ1n) is 6.82. The van der Waals surface area contributed by atoms with Crippen LogP contribution in [-0.2, 0) is 0 Å². The molecular weight excluding hydrogens is 325 g/mol. The number of rotatable bonds is 4. The Morgan fingerprint density at radius 2 is 2.00 bits per heavy atom. The number of ether oxygens (including phenoxy) is 1. The summed E-state index contributed by atoms with van der Waals surface area (Å²) in [6.45, 7) is -1.43. The van der Waals surface area contributed by atoms with Gasteiger partial charge in [0.1, 0.15) is 0 Å². The summed E-state index contributed by atoms with van der Waals surface area (Å²) in [4.78, 5) is 15.9. The van der Waals surface area contributed by atoms with Crippen molar-refractivity contribution < 1.29 is 22.7 Å². The lowest BCUT2D eigenvalue weighted by molar-refractivity contribution is -0.154. The van der Waals surface area contributed by atoms with Crippen LogP contribution in [0.1, 0.15) is 10.5 Å². The Hall–Kier alpha value is -3.10. The van der Waals surface area contributed by atoms with Crippen LogP contribution in [0.2, 0.25) is 0 Å². The zero-order valence-corrected chi connectivity index (χ0v) is 12.1. The number of aromatic nitrogens is 3. The molecule has 2 N–H and O–H groups in total. The van der Waals surface area contributed by atoms with E-state index in [9.17, 15) is 18.0 Å². The van der Waals surface area contributed by atoms with Crippen molar-refractivity contribution in [3.8, 4) is 5.88 Å². The first-order chi connectivity index (χ1) is 11.4. The number of H-pyrrole nitrogens is 1. The molecule has 0 bridgehead atoms. The van der Waals surface area contributed by atoms with E-state index in [-0.39, 0.29) is 11.6 Å². The SMILES string of the molecule is O=C(Nc1ccc(OCC(F)(F)F)nc1)c1n[nH]c2ccccc12. The number of alkyl halides is 3. The van der Waals surface area contributed by atoms with Gasteiger partial charge in [-0.2, -0.15) is 18.3 Å². The Balaban J connectivity index is 1.68. The van der Waals surface area contributed by atoms with E-state index in [1.54, 1.807) is 18.2 Å². The van der Waals surface area contributed by atoms with Crippen molar-refractivity contribution in [3.63, 3.8) is 0 Å². The number of benzene rings is 1. The monoisotopic (exact) mass is 336 g/mol. The molecule has 0 aliphatic heterocycles. The van der Waals surface area contributed by atoms with Crippen molar-refractivity contribution in [1.82, 2.24) is 15.2 Å². The van der Waals surface area contributed by atoms with E-state index in [1.165, 1.54) is 18.3 Å². The number of halogens is 3. The van der Waals surface area contributed by atoms with Crippen molar-refractivity contribution in [3.05, 3.63) is 48.3 Å². The Morgan fingerprint density at radius 1 is 1.21 bits per heavy atom. The highest BCUT2D eigenvalue weighted by molar-refractivity contribution is 6.10. The maximum absolute atomic E-state index is 12.2. The lowest BCUT2D eigenvalue weighted by Crippen LogP contribution is -2.19. The highest BCUT2D eigenvalue weighted by Gasteiger charge is 2.28. The number of anilines is 1. The van der Waals surface area contributed by atoms with Crippen molar-refractivity contribution in [1.29, 1.82) is 0 Å². The molecule has 9 heteroatoms. The van der Waals surface area contributed by atoms with Gasteiger partial charge in [-0.15, -0.1) is 0 Å². The topological polar surface area (TPSA) is 79.9 Å². The second kappa shape index (κ2) is 6.19. The predicted octanol–water partition coefficient (Wildman–Crippen LogP) is 3.15. The molecule has 0 fully saturated rings. The van der Waals surface area contributed by atoms with Gasteiger partial charge in [0.2, 0.25) is 5.88 Å². The summed E-state index contributed by atoms with van der Waals surface area (Å²) < 4.78 is 40.7. The number of carbonyl (C=O) groups is 1. The van der Waals surface area contributed by atoms with Gasteiger partial charge >= 0.3 is 6.18 Å². The number of nitrogens with zero attached hydrogens (tertiary/aromatic N) is 2. The number of pyridine rings is 1. The number of hydrogen-bond acceptors (Lipinski definition) is 4. The molecule has 1 aromatic carbocycles. The molecule has 0 aliphatic rings. The summed E-state index contributed by atoms with van der Waals surface area (Å²) in [5.41, 5.74) is 1.24. The van der Waals surface area contributed by atoms with Crippen LogP contribution >= 0.6 is 0 Å². The third-order valence-corrected chi connectivity index (χ3v) is 3.06. The van der Waals surface area contributed by atoms with E-state index in [0.29, 0.717) is 11.1 Å². The maximum Gasteiger partial charge on any atom is 0.422 e. The zero-order valence-electron chi connectivity index (χ0n) is 12.1. The third kappa shape index (κ3) is 3.62. The molecule has 24 heavy (non-hydrogen) atoms. The molecule has 0 atom stereocenters. The molecule has 3 rings (SSSR count). The number of para-hydroxylation sites is 1. The minimum absolute atomic E-state index is 0.185. The number of amides is 1. The summed E-state index contributed by atoms with van der Waals surface area (Å²) in [5.74, 6) is -0.645. The molecule has 3 aromatic rings. The molecule has 0 radical (unpaired) electrons. The van der Waals surface area contributed by atoms with Crippen molar-refractivity contribution in [2.75, 3.05) is 11.9 Å². The van der Waals surface area contributed by atoms with E-state index >= 15 is 0 Å². The van der Waals surface area contributed by atoms with Crippen LogP contribution < -0.4 is 10.1 Å². The number of hydrogen-bond donors (Lipinski definition) is 2. The molecule has 0 saturated heterocycles. The summed E-state index contributed by atoms with van der Waals surface area (Å²) >= 11 is 0. The van der Waals surface area contributed by atoms with Crippen molar-refractivity contribution in [2.24, 2.45) is 0 Å². The lowest BCUT2D eigenvalue weighted by Gasteiger charge is -2.09. The van der Waals surface area contributed by atoms with Crippen molar-refractivity contribution >= 4 is 22.5 Å². The van der Waals surface area contributed by atoms with Crippen LogP contribution in [0.4, 0.5) is 18.9 Å². The van der Waals surface area contributed by atoms with Crippen molar-refractivity contribution in [2.45, 2.75) is 6.18 Å². The number of fused-ring (bicyclic) bond motifs is 1. The molecule has 2 heterocycles. The quantitative estimate of drug-likeness (QED) is 0.767. The highest BCUT2D eigenvalue weighted by Crippen LogP contribution is 2.19. The molecule has 2 aromatic heterocycles. The molecule has 1 amide bonds. The normalized spacial score (nSPS) is 11.5. The van der Waals surface area contributed by atoms with Gasteiger partial charge in [0, 0.05) is 11.5 Å². The highest BCUT2D eigenvalue weighted by atomic mass is 19.4. The lowest BCUT2D eigenvalue weighted by atomic mass is 10.2. The third-order valence-electron chi connectivity index (χ3n) is 3.06. The van der Waals surface area contributed by atoms with Gasteiger partial charge in [-0.3, -0.25) is 9.89 Å². The van der Waals surface area contributed by atoms with Crippen LogP contribution in [0.25, 0.3) is 10.9 Å². The number of nitrogens with one attached hydrogen (secondary N) is 2. The van der Waals surface area contributed by atoms with Gasteiger partial charge < -0.3 is 10.1 Å². The van der Waals surface area contributed by atoms with Crippen LogP contribution in [0.15, 0.2) is 42.6 Å². The summed E-state index contributed by atoms with van der Waals surface area (Å²) in [6, 6.07) is 9.76. The minimum atomic E-state index is -4.43. The van der Waals surface area contributed by atoms with Gasteiger partial charge in [-0.1, -0.05) is 18.2 Å². The van der Waals surface area contributed by atoms with Gasteiger partial charge in [-0.25, -0.2) is 4.98 Å². The molecule has 0 saturated carbocycles. The Morgan fingerprint density at radius 3 is 2.71 bits per heavy atom. The first kappa shape index (κ1) is 15.8. The average molecular weight is 336 g/mol. The van der Waals surface area contributed by atoms with Gasteiger partial charge in [0.15, 0.2) is 12.3 Å². The molecular formula is C15H11F3N4O2. The fourth-order valence-corrected chi connectivity index (χ4v) is 2.02. The van der Waals surface area contributed by atoms with E-state index in [1.807, 2.05) is 6.07 Å². The van der Waals surface area contributed by atoms with Gasteiger partial charge in [0.05, 0.1) is 17.4 Å².